The molecule has 0 unspecified atom stereocenters. The molecule has 1 aromatic carbocycles. The smallest absolute Gasteiger partial charge is 0.220 e. The van der Waals surface area contributed by atoms with E-state index in [2.05, 4.69) is 10.3 Å². The number of rotatable bonds is 6. The van der Waals surface area contributed by atoms with Gasteiger partial charge < -0.3 is 5.32 Å². The normalized spacial score (nSPS) is 10.1. The van der Waals surface area contributed by atoms with Crippen LogP contribution in [-0.2, 0) is 11.3 Å². The average Bonchev–Trinajstić information content (AvgIpc) is 2.52. The number of carbonyl (C=O) groups excluding carboxylic acids is 2. The van der Waals surface area contributed by atoms with E-state index in [9.17, 15) is 9.59 Å². The van der Waals surface area contributed by atoms with Gasteiger partial charge in [0, 0.05) is 37.3 Å². The summed E-state index contributed by atoms with van der Waals surface area (Å²) in [7, 11) is 0. The molecule has 0 aliphatic heterocycles. The number of aryl methyl sites for hydroxylation is 1. The first kappa shape index (κ1) is 14.9. The standard InChI is InChI=1S/C17H18N2O2/c1-13-2-4-15(5-3-13)16(20)6-7-17(21)19-12-14-8-10-18-11-9-14/h2-5,8-11H,6-7,12H2,1H3,(H,19,21). The highest BCUT2D eigenvalue weighted by Crippen LogP contribution is 2.07. The van der Waals surface area contributed by atoms with E-state index in [1.807, 2.05) is 31.2 Å². The third-order valence-electron chi connectivity index (χ3n) is 3.19. The minimum absolute atomic E-state index is 0.00550. The first-order valence-electron chi connectivity index (χ1n) is 6.90. The molecule has 1 amide bonds. The van der Waals surface area contributed by atoms with Crippen molar-refractivity contribution in [1.29, 1.82) is 0 Å². The van der Waals surface area contributed by atoms with Crippen molar-refractivity contribution in [2.45, 2.75) is 26.3 Å². The van der Waals surface area contributed by atoms with Crippen LogP contribution < -0.4 is 5.32 Å². The number of amides is 1. The number of ketones is 1. The highest BCUT2D eigenvalue weighted by molar-refractivity contribution is 5.97. The number of aromatic nitrogens is 1. The summed E-state index contributed by atoms with van der Waals surface area (Å²) >= 11 is 0. The Balaban J connectivity index is 1.76. The molecule has 0 saturated heterocycles. The van der Waals surface area contributed by atoms with E-state index < -0.39 is 0 Å². The van der Waals surface area contributed by atoms with Gasteiger partial charge in [-0.05, 0) is 24.6 Å². The van der Waals surface area contributed by atoms with Gasteiger partial charge in [-0.2, -0.15) is 0 Å². The van der Waals surface area contributed by atoms with Crippen molar-refractivity contribution in [3.05, 3.63) is 65.5 Å². The number of carbonyl (C=O) groups is 2. The topological polar surface area (TPSA) is 59.1 Å². The molecule has 0 aliphatic rings. The van der Waals surface area contributed by atoms with E-state index in [1.54, 1.807) is 24.5 Å². The molecule has 0 aliphatic carbocycles. The Kier molecular flexibility index (Phi) is 5.21. The molecule has 21 heavy (non-hydrogen) atoms. The van der Waals surface area contributed by atoms with Gasteiger partial charge in [0.25, 0.3) is 0 Å². The zero-order valence-electron chi connectivity index (χ0n) is 12.0. The zero-order valence-corrected chi connectivity index (χ0v) is 12.0. The zero-order chi connectivity index (χ0) is 15.1. The molecule has 0 radical (unpaired) electrons. The van der Waals surface area contributed by atoms with Crippen LogP contribution in [0, 0.1) is 6.92 Å². The maximum absolute atomic E-state index is 11.9. The Hall–Kier alpha value is -2.49. The molecular weight excluding hydrogens is 264 g/mol. The Morgan fingerprint density at radius 3 is 2.33 bits per heavy atom. The lowest BCUT2D eigenvalue weighted by Gasteiger charge is -2.05. The van der Waals surface area contributed by atoms with Gasteiger partial charge in [0.2, 0.25) is 5.91 Å². The molecule has 0 fully saturated rings. The van der Waals surface area contributed by atoms with Crippen LogP contribution in [0.1, 0.15) is 34.3 Å². The number of benzene rings is 1. The van der Waals surface area contributed by atoms with Crippen LogP contribution in [0.15, 0.2) is 48.8 Å². The number of nitrogens with one attached hydrogen (secondary N) is 1. The van der Waals surface area contributed by atoms with E-state index in [-0.39, 0.29) is 24.5 Å². The van der Waals surface area contributed by atoms with Crippen molar-refractivity contribution in [2.24, 2.45) is 0 Å². The fourth-order valence-corrected chi connectivity index (χ4v) is 1.90. The van der Waals surface area contributed by atoms with Crippen molar-refractivity contribution in [3.8, 4) is 0 Å². The highest BCUT2D eigenvalue weighted by Gasteiger charge is 2.09. The quantitative estimate of drug-likeness (QED) is 0.829. The number of hydrogen-bond acceptors (Lipinski definition) is 3. The molecule has 2 aromatic rings. The van der Waals surface area contributed by atoms with E-state index in [1.165, 1.54) is 0 Å². The largest absolute Gasteiger partial charge is 0.352 e. The Morgan fingerprint density at radius 2 is 1.67 bits per heavy atom. The average molecular weight is 282 g/mol. The summed E-state index contributed by atoms with van der Waals surface area (Å²) in [5.41, 5.74) is 2.76. The second-order valence-corrected chi connectivity index (χ2v) is 4.92. The lowest BCUT2D eigenvalue weighted by atomic mass is 10.0. The molecule has 0 saturated carbocycles. The molecule has 0 bridgehead atoms. The first-order chi connectivity index (χ1) is 10.1. The SMILES string of the molecule is Cc1ccc(C(=O)CCC(=O)NCc2ccncc2)cc1. The molecule has 1 aromatic heterocycles. The molecule has 108 valence electrons. The van der Waals surface area contributed by atoms with Gasteiger partial charge in [-0.1, -0.05) is 29.8 Å². The monoisotopic (exact) mass is 282 g/mol. The Morgan fingerprint density at radius 1 is 1.00 bits per heavy atom. The van der Waals surface area contributed by atoms with Crippen LogP contribution in [0.4, 0.5) is 0 Å². The number of nitrogens with zero attached hydrogens (tertiary/aromatic N) is 1. The van der Waals surface area contributed by atoms with Gasteiger partial charge in [-0.15, -0.1) is 0 Å². The van der Waals surface area contributed by atoms with E-state index in [4.69, 9.17) is 0 Å². The van der Waals surface area contributed by atoms with Crippen LogP contribution in [0.2, 0.25) is 0 Å². The van der Waals surface area contributed by atoms with Crippen molar-refractivity contribution in [3.63, 3.8) is 0 Å². The van der Waals surface area contributed by atoms with Crippen LogP contribution in [0.3, 0.4) is 0 Å². The van der Waals surface area contributed by atoms with Gasteiger partial charge in [0.15, 0.2) is 5.78 Å². The number of Topliss-reactive ketones (excluding diaryl/α,β-unsaturated/α-hetero) is 1. The Labute approximate surface area is 124 Å². The van der Waals surface area contributed by atoms with Gasteiger partial charge >= 0.3 is 0 Å². The van der Waals surface area contributed by atoms with Crippen LogP contribution in [-0.4, -0.2) is 16.7 Å². The maximum Gasteiger partial charge on any atom is 0.220 e. The Bertz CT molecular complexity index is 606. The van der Waals surface area contributed by atoms with Crippen molar-refractivity contribution < 1.29 is 9.59 Å². The van der Waals surface area contributed by atoms with Gasteiger partial charge in [0.05, 0.1) is 0 Å². The molecule has 4 nitrogen and oxygen atoms in total. The molecule has 1 heterocycles. The van der Waals surface area contributed by atoms with E-state index >= 15 is 0 Å². The molecule has 0 atom stereocenters. The molecule has 2 rings (SSSR count). The summed E-state index contributed by atoms with van der Waals surface area (Å²) in [4.78, 5) is 27.6. The van der Waals surface area contributed by atoms with Gasteiger partial charge in [-0.25, -0.2) is 0 Å². The summed E-state index contributed by atoms with van der Waals surface area (Å²) in [6, 6.07) is 11.1. The van der Waals surface area contributed by atoms with E-state index in [0.29, 0.717) is 12.1 Å². The summed E-state index contributed by atoms with van der Waals surface area (Å²) in [5, 5.41) is 2.80. The highest BCUT2D eigenvalue weighted by atomic mass is 16.2. The lowest BCUT2D eigenvalue weighted by molar-refractivity contribution is -0.121. The van der Waals surface area contributed by atoms with Crippen molar-refractivity contribution >= 4 is 11.7 Å². The van der Waals surface area contributed by atoms with Crippen LogP contribution in [0.25, 0.3) is 0 Å². The van der Waals surface area contributed by atoms with E-state index in [0.717, 1.165) is 11.1 Å². The fourth-order valence-electron chi connectivity index (χ4n) is 1.90. The molecule has 4 heteroatoms. The minimum atomic E-state index is -0.118. The second kappa shape index (κ2) is 7.33. The summed E-state index contributed by atoms with van der Waals surface area (Å²) in [5.74, 6) is -0.124. The maximum atomic E-state index is 11.9. The minimum Gasteiger partial charge on any atom is -0.352 e. The van der Waals surface area contributed by atoms with Crippen molar-refractivity contribution in [1.82, 2.24) is 10.3 Å². The first-order valence-corrected chi connectivity index (χ1v) is 6.90. The second-order valence-electron chi connectivity index (χ2n) is 4.92. The molecule has 0 spiro atoms. The van der Waals surface area contributed by atoms with Gasteiger partial charge in [0.1, 0.15) is 0 Å². The van der Waals surface area contributed by atoms with Crippen molar-refractivity contribution in [2.75, 3.05) is 0 Å². The fraction of sp³-hybridized carbons (Fsp3) is 0.235. The predicted octanol–water partition coefficient (Wildman–Crippen LogP) is 2.67. The third-order valence-corrected chi connectivity index (χ3v) is 3.19. The lowest BCUT2D eigenvalue weighted by Crippen LogP contribution is -2.23. The number of pyridine rings is 1. The van der Waals surface area contributed by atoms with Crippen LogP contribution in [0.5, 0.6) is 0 Å². The van der Waals surface area contributed by atoms with Crippen LogP contribution >= 0.6 is 0 Å². The molecular formula is C17H18N2O2. The summed E-state index contributed by atoms with van der Waals surface area (Å²) < 4.78 is 0. The summed E-state index contributed by atoms with van der Waals surface area (Å²) in [6.45, 7) is 2.43. The molecule has 1 N–H and O–H groups in total. The third kappa shape index (κ3) is 4.84. The predicted molar refractivity (Wildman–Crippen MR) is 80.8 cm³/mol. The summed E-state index contributed by atoms with van der Waals surface area (Å²) in [6.07, 6.45) is 3.80. The van der Waals surface area contributed by atoms with Gasteiger partial charge in [-0.3, -0.25) is 14.6 Å². The number of hydrogen-bond donors (Lipinski definition) is 1.